The zero-order valence-electron chi connectivity index (χ0n) is 9.83. The lowest BCUT2D eigenvalue weighted by Crippen LogP contribution is -2.52. The van der Waals surface area contributed by atoms with Crippen LogP contribution in [0.5, 0.6) is 0 Å². The van der Waals surface area contributed by atoms with E-state index < -0.39 is 5.41 Å². The van der Waals surface area contributed by atoms with Crippen LogP contribution < -0.4 is 5.32 Å². The summed E-state index contributed by atoms with van der Waals surface area (Å²) in [4.78, 5) is 4.36. The van der Waals surface area contributed by atoms with Gasteiger partial charge >= 0.3 is 0 Å². The molecule has 0 saturated carbocycles. The van der Waals surface area contributed by atoms with Crippen LogP contribution in [-0.2, 0) is 5.41 Å². The molecule has 1 aromatic rings. The molecule has 1 atom stereocenters. The third-order valence-corrected chi connectivity index (χ3v) is 3.27. The van der Waals surface area contributed by atoms with Gasteiger partial charge in [-0.25, -0.2) is 0 Å². The van der Waals surface area contributed by atoms with Crippen LogP contribution in [0.3, 0.4) is 0 Å². The summed E-state index contributed by atoms with van der Waals surface area (Å²) in [6, 6.07) is 8.29. The molecule has 2 heterocycles. The maximum absolute atomic E-state index is 9.51. The van der Waals surface area contributed by atoms with Crippen LogP contribution in [0.15, 0.2) is 24.4 Å². The van der Waals surface area contributed by atoms with E-state index in [-0.39, 0.29) is 5.54 Å². The van der Waals surface area contributed by atoms with Gasteiger partial charge in [-0.05, 0) is 45.4 Å². The second kappa shape index (κ2) is 3.88. The average molecular weight is 215 g/mol. The second-order valence-corrected chi connectivity index (χ2v) is 5.15. The summed E-state index contributed by atoms with van der Waals surface area (Å²) in [6.45, 7) is 5.15. The summed E-state index contributed by atoms with van der Waals surface area (Å²) in [7, 11) is 0. The van der Waals surface area contributed by atoms with Crippen molar-refractivity contribution in [3.05, 3.63) is 30.1 Å². The van der Waals surface area contributed by atoms with Crippen molar-refractivity contribution in [3.8, 4) is 6.07 Å². The molecular formula is C13H17N3. The summed E-state index contributed by atoms with van der Waals surface area (Å²) in [6.07, 6.45) is 3.42. The molecule has 1 aliphatic heterocycles. The van der Waals surface area contributed by atoms with Gasteiger partial charge in [-0.1, -0.05) is 6.07 Å². The summed E-state index contributed by atoms with van der Waals surface area (Å²) in [5.74, 6) is 0. The van der Waals surface area contributed by atoms with Gasteiger partial charge < -0.3 is 5.32 Å². The highest BCUT2D eigenvalue weighted by atomic mass is 15.0. The predicted molar refractivity (Wildman–Crippen MR) is 62.8 cm³/mol. The number of nitrogens with zero attached hydrogens (tertiary/aromatic N) is 2. The van der Waals surface area contributed by atoms with Gasteiger partial charge in [0.05, 0.1) is 11.8 Å². The topological polar surface area (TPSA) is 48.7 Å². The summed E-state index contributed by atoms with van der Waals surface area (Å²) in [5, 5.41) is 12.9. The van der Waals surface area contributed by atoms with E-state index in [1.807, 2.05) is 18.2 Å². The minimum atomic E-state index is -0.421. The summed E-state index contributed by atoms with van der Waals surface area (Å²) in [5.41, 5.74) is 0.494. The third kappa shape index (κ3) is 1.94. The van der Waals surface area contributed by atoms with Crippen molar-refractivity contribution in [2.75, 3.05) is 6.54 Å². The average Bonchev–Trinajstić information content (AvgIpc) is 2.29. The first-order valence-electron chi connectivity index (χ1n) is 5.66. The lowest BCUT2D eigenvalue weighted by molar-refractivity contribution is 0.230. The number of hydrogen-bond acceptors (Lipinski definition) is 3. The first-order chi connectivity index (χ1) is 7.58. The van der Waals surface area contributed by atoms with Crippen molar-refractivity contribution in [1.82, 2.24) is 10.3 Å². The number of hydrogen-bond donors (Lipinski definition) is 1. The Morgan fingerprint density at radius 2 is 2.25 bits per heavy atom. The third-order valence-electron chi connectivity index (χ3n) is 3.27. The Labute approximate surface area is 96.5 Å². The highest BCUT2D eigenvalue weighted by molar-refractivity contribution is 5.28. The molecule has 0 aromatic carbocycles. The second-order valence-electron chi connectivity index (χ2n) is 5.15. The van der Waals surface area contributed by atoms with E-state index in [0.29, 0.717) is 0 Å². The number of pyridine rings is 1. The zero-order chi connectivity index (χ0) is 11.6. The van der Waals surface area contributed by atoms with E-state index in [0.717, 1.165) is 25.1 Å². The fraction of sp³-hybridized carbons (Fsp3) is 0.538. The van der Waals surface area contributed by atoms with Crippen molar-refractivity contribution in [2.24, 2.45) is 0 Å². The number of piperidine rings is 1. The highest BCUT2D eigenvalue weighted by Gasteiger charge is 2.42. The van der Waals surface area contributed by atoms with E-state index in [2.05, 4.69) is 30.2 Å². The van der Waals surface area contributed by atoms with E-state index in [1.54, 1.807) is 6.20 Å². The van der Waals surface area contributed by atoms with E-state index in [4.69, 9.17) is 0 Å². The molecule has 1 aliphatic rings. The molecule has 0 bridgehead atoms. The molecule has 2 rings (SSSR count). The molecule has 0 spiro atoms. The molecule has 3 nitrogen and oxygen atoms in total. The Hall–Kier alpha value is -1.40. The van der Waals surface area contributed by atoms with Crippen LogP contribution in [0.1, 0.15) is 32.4 Å². The number of rotatable bonds is 1. The number of nitrogens with one attached hydrogen (secondary N) is 1. The lowest BCUT2D eigenvalue weighted by Gasteiger charge is -2.41. The van der Waals surface area contributed by atoms with Crippen LogP contribution in [0, 0.1) is 11.3 Å². The quantitative estimate of drug-likeness (QED) is 0.779. The van der Waals surface area contributed by atoms with Crippen LogP contribution in [-0.4, -0.2) is 17.1 Å². The van der Waals surface area contributed by atoms with Gasteiger partial charge in [0.1, 0.15) is 5.41 Å². The molecule has 1 unspecified atom stereocenters. The van der Waals surface area contributed by atoms with Gasteiger partial charge in [0.2, 0.25) is 0 Å². The monoisotopic (exact) mass is 215 g/mol. The highest BCUT2D eigenvalue weighted by Crippen LogP contribution is 2.37. The van der Waals surface area contributed by atoms with Crippen molar-refractivity contribution in [2.45, 2.75) is 37.6 Å². The Kier molecular flexibility index (Phi) is 2.69. The lowest BCUT2D eigenvalue weighted by atomic mass is 9.70. The molecule has 1 aromatic heterocycles. The smallest absolute Gasteiger partial charge is 0.102 e. The minimum absolute atomic E-state index is 0.00546. The Balaban J connectivity index is 2.38. The van der Waals surface area contributed by atoms with Gasteiger partial charge in [-0.15, -0.1) is 0 Å². The SMILES string of the molecule is CC1(C)CC(C#N)(c2ccccn2)CCN1. The molecule has 3 heteroatoms. The van der Waals surface area contributed by atoms with Crippen molar-refractivity contribution < 1.29 is 0 Å². The Morgan fingerprint density at radius 1 is 1.44 bits per heavy atom. The van der Waals surface area contributed by atoms with Gasteiger partial charge in [0, 0.05) is 11.7 Å². The minimum Gasteiger partial charge on any atom is -0.312 e. The van der Waals surface area contributed by atoms with E-state index >= 15 is 0 Å². The molecule has 0 radical (unpaired) electrons. The predicted octanol–water partition coefficient (Wildman–Crippen LogP) is 2.00. The largest absolute Gasteiger partial charge is 0.312 e. The van der Waals surface area contributed by atoms with E-state index in [9.17, 15) is 5.26 Å². The number of aromatic nitrogens is 1. The van der Waals surface area contributed by atoms with Crippen molar-refractivity contribution in [1.29, 1.82) is 5.26 Å². The van der Waals surface area contributed by atoms with Gasteiger partial charge in [0.25, 0.3) is 0 Å². The zero-order valence-corrected chi connectivity index (χ0v) is 9.83. The van der Waals surface area contributed by atoms with Crippen LogP contribution in [0.25, 0.3) is 0 Å². The number of nitriles is 1. The molecule has 84 valence electrons. The van der Waals surface area contributed by atoms with Gasteiger partial charge in [-0.2, -0.15) is 5.26 Å². The Bertz CT molecular complexity index is 405. The molecule has 16 heavy (non-hydrogen) atoms. The first-order valence-corrected chi connectivity index (χ1v) is 5.66. The van der Waals surface area contributed by atoms with Crippen LogP contribution >= 0.6 is 0 Å². The van der Waals surface area contributed by atoms with Crippen molar-refractivity contribution in [3.63, 3.8) is 0 Å². The maximum Gasteiger partial charge on any atom is 0.102 e. The van der Waals surface area contributed by atoms with Gasteiger partial charge in [-0.3, -0.25) is 4.98 Å². The Morgan fingerprint density at radius 3 is 2.81 bits per heavy atom. The van der Waals surface area contributed by atoms with Crippen LogP contribution in [0.2, 0.25) is 0 Å². The molecule has 1 fully saturated rings. The molecular weight excluding hydrogens is 198 g/mol. The van der Waals surface area contributed by atoms with Gasteiger partial charge in [0.15, 0.2) is 0 Å². The maximum atomic E-state index is 9.51. The van der Waals surface area contributed by atoms with E-state index in [1.165, 1.54) is 0 Å². The van der Waals surface area contributed by atoms with Crippen LogP contribution in [0.4, 0.5) is 0 Å². The molecule has 1 saturated heterocycles. The first kappa shape index (κ1) is 11.1. The normalized spacial score (nSPS) is 28.3. The fourth-order valence-corrected chi connectivity index (χ4v) is 2.54. The summed E-state index contributed by atoms with van der Waals surface area (Å²) >= 11 is 0. The molecule has 0 aliphatic carbocycles. The fourth-order valence-electron chi connectivity index (χ4n) is 2.54. The summed E-state index contributed by atoms with van der Waals surface area (Å²) < 4.78 is 0. The molecule has 0 amide bonds. The molecule has 1 N–H and O–H groups in total. The standard InChI is InChI=1S/C13H17N3/c1-12(2)9-13(10-14,6-8-16-12)11-5-3-4-7-15-11/h3-5,7,16H,6,8-9H2,1-2H3. The van der Waals surface area contributed by atoms with Crippen molar-refractivity contribution >= 4 is 0 Å².